The molecule has 3 rings (SSSR count). The predicted octanol–water partition coefficient (Wildman–Crippen LogP) is 2.05. The van der Waals surface area contributed by atoms with E-state index < -0.39 is 23.8 Å². The van der Waals surface area contributed by atoms with Gasteiger partial charge >= 0.3 is 12.3 Å². The van der Waals surface area contributed by atoms with Crippen LogP contribution < -0.4 is 26.6 Å². The summed E-state index contributed by atoms with van der Waals surface area (Å²) in [6.45, 7) is -2.89. The number of ether oxygens (including phenoxy) is 1. The van der Waals surface area contributed by atoms with E-state index >= 15 is 0 Å². The van der Waals surface area contributed by atoms with Crippen LogP contribution in [-0.2, 0) is 6.54 Å². The van der Waals surface area contributed by atoms with Crippen LogP contribution >= 0.6 is 0 Å². The van der Waals surface area contributed by atoms with E-state index in [0.717, 1.165) is 15.0 Å². The number of carbonyl (C=O) groups is 1. The molecule has 0 saturated heterocycles. The zero-order chi connectivity index (χ0) is 21.8. The highest BCUT2D eigenvalue weighted by Crippen LogP contribution is 2.20. The number of alkyl halides is 2. The number of nitrogens with one attached hydrogen (secondary N) is 1. The van der Waals surface area contributed by atoms with Crippen molar-refractivity contribution in [1.82, 2.24) is 9.55 Å². The summed E-state index contributed by atoms with van der Waals surface area (Å²) < 4.78 is 29.9. The monoisotopic (exact) mass is 416 g/mol. The van der Waals surface area contributed by atoms with E-state index in [4.69, 9.17) is 5.73 Å². The van der Waals surface area contributed by atoms with Crippen LogP contribution in [0.3, 0.4) is 0 Å². The van der Waals surface area contributed by atoms with Crippen LogP contribution in [0.15, 0.2) is 64.2 Å². The van der Waals surface area contributed by atoms with Gasteiger partial charge in [0.1, 0.15) is 11.6 Å². The molecule has 0 aliphatic heterocycles. The minimum atomic E-state index is -2.99. The molecule has 3 aromatic rings. The lowest BCUT2D eigenvalue weighted by Crippen LogP contribution is -2.39. The van der Waals surface area contributed by atoms with Crippen LogP contribution in [0, 0.1) is 0 Å². The number of amides is 1. The van der Waals surface area contributed by atoms with Gasteiger partial charge in [-0.2, -0.15) is 8.78 Å². The molecule has 156 valence electrons. The van der Waals surface area contributed by atoms with Gasteiger partial charge in [-0.05, 0) is 29.8 Å². The fourth-order valence-electron chi connectivity index (χ4n) is 2.90. The van der Waals surface area contributed by atoms with E-state index in [9.17, 15) is 23.2 Å². The summed E-state index contributed by atoms with van der Waals surface area (Å²) in [7, 11) is 1.32. The van der Waals surface area contributed by atoms with Crippen LogP contribution in [0.25, 0.3) is 0 Å². The number of nitrogen functional groups attached to an aromatic ring is 1. The third-order valence-corrected chi connectivity index (χ3v) is 4.36. The summed E-state index contributed by atoms with van der Waals surface area (Å²) in [6, 6.07) is 13.9. The molecule has 0 radical (unpaired) electrons. The fraction of sp³-hybridized carbons (Fsp3) is 0.150. The Morgan fingerprint density at radius 3 is 2.37 bits per heavy atom. The van der Waals surface area contributed by atoms with E-state index in [1.165, 1.54) is 31.3 Å². The van der Waals surface area contributed by atoms with Crippen LogP contribution in [0.4, 0.5) is 20.3 Å². The summed E-state index contributed by atoms with van der Waals surface area (Å²) in [6.07, 6.45) is 0. The molecule has 1 amide bonds. The molecule has 0 unspecified atom stereocenters. The van der Waals surface area contributed by atoms with E-state index in [-0.39, 0.29) is 29.4 Å². The van der Waals surface area contributed by atoms with E-state index in [1.807, 2.05) is 6.07 Å². The Labute approximate surface area is 169 Å². The van der Waals surface area contributed by atoms with Gasteiger partial charge in [0.05, 0.1) is 6.54 Å². The molecule has 10 heteroatoms. The zero-order valence-electron chi connectivity index (χ0n) is 15.8. The molecule has 0 fully saturated rings. The molecule has 0 saturated carbocycles. The lowest BCUT2D eigenvalue weighted by atomic mass is 10.2. The highest BCUT2D eigenvalue weighted by atomic mass is 19.3. The Morgan fingerprint density at radius 2 is 1.77 bits per heavy atom. The average Bonchev–Trinajstić information content (AvgIpc) is 2.71. The van der Waals surface area contributed by atoms with Gasteiger partial charge in [0.25, 0.3) is 11.5 Å². The summed E-state index contributed by atoms with van der Waals surface area (Å²) in [5.41, 5.74) is 5.22. The lowest BCUT2D eigenvalue weighted by Gasteiger charge is -2.20. The molecule has 0 spiro atoms. The predicted molar refractivity (Wildman–Crippen MR) is 107 cm³/mol. The van der Waals surface area contributed by atoms with Crippen LogP contribution in [-0.4, -0.2) is 29.1 Å². The lowest BCUT2D eigenvalue weighted by molar-refractivity contribution is -0.0498. The Balaban J connectivity index is 1.94. The number of aromatic nitrogens is 2. The number of hydrogen-bond acceptors (Lipinski definition) is 5. The molecule has 2 aromatic carbocycles. The normalized spacial score (nSPS) is 10.8. The molecular formula is C20H18F2N4O4. The summed E-state index contributed by atoms with van der Waals surface area (Å²) in [4.78, 5) is 40.6. The number of rotatable bonds is 6. The van der Waals surface area contributed by atoms with Gasteiger partial charge in [0.15, 0.2) is 5.69 Å². The third kappa shape index (κ3) is 4.37. The number of halogens is 2. The maximum Gasteiger partial charge on any atom is 0.387 e. The van der Waals surface area contributed by atoms with Crippen molar-refractivity contribution in [2.45, 2.75) is 13.2 Å². The molecule has 1 aromatic heterocycles. The number of nitrogens with zero attached hydrogens (tertiary/aromatic N) is 2. The molecule has 8 nitrogen and oxygen atoms in total. The Kier molecular flexibility index (Phi) is 5.95. The highest BCUT2D eigenvalue weighted by molar-refractivity contribution is 6.06. The smallest absolute Gasteiger partial charge is 0.387 e. The first-order valence-electron chi connectivity index (χ1n) is 8.77. The summed E-state index contributed by atoms with van der Waals surface area (Å²) in [5, 5.41) is 0. The first-order chi connectivity index (χ1) is 14.3. The van der Waals surface area contributed by atoms with Crippen molar-refractivity contribution in [3.05, 3.63) is 86.6 Å². The van der Waals surface area contributed by atoms with Gasteiger partial charge in [-0.3, -0.25) is 19.1 Å². The quantitative estimate of drug-likeness (QED) is 0.639. The SMILES string of the molecule is CN(C(=O)c1ccc(OC(F)F)cc1)c1c(N)n(Cc2ccccc2)c(=O)[nH]c1=O. The van der Waals surface area contributed by atoms with Gasteiger partial charge in [0, 0.05) is 12.6 Å². The topological polar surface area (TPSA) is 110 Å². The number of aromatic amines is 1. The minimum Gasteiger partial charge on any atom is -0.435 e. The van der Waals surface area contributed by atoms with Crippen LogP contribution in [0.1, 0.15) is 15.9 Å². The maximum atomic E-state index is 12.8. The van der Waals surface area contributed by atoms with Gasteiger partial charge < -0.3 is 15.4 Å². The third-order valence-electron chi connectivity index (χ3n) is 4.36. The van der Waals surface area contributed by atoms with Crippen molar-refractivity contribution in [2.24, 2.45) is 0 Å². The zero-order valence-corrected chi connectivity index (χ0v) is 15.8. The second-order valence-electron chi connectivity index (χ2n) is 6.33. The minimum absolute atomic E-state index is 0.0942. The molecule has 0 aliphatic carbocycles. The maximum absolute atomic E-state index is 12.8. The first kappa shape index (κ1) is 20.8. The van der Waals surface area contributed by atoms with Crippen molar-refractivity contribution in [1.29, 1.82) is 0 Å². The Bertz CT molecular complexity index is 1160. The molecule has 0 bridgehead atoms. The second-order valence-corrected chi connectivity index (χ2v) is 6.33. The number of H-pyrrole nitrogens is 1. The molecule has 30 heavy (non-hydrogen) atoms. The number of anilines is 2. The van der Waals surface area contributed by atoms with Crippen LogP contribution in [0.5, 0.6) is 5.75 Å². The number of hydrogen-bond donors (Lipinski definition) is 2. The van der Waals surface area contributed by atoms with E-state index in [2.05, 4.69) is 9.72 Å². The van der Waals surface area contributed by atoms with Gasteiger partial charge in [-0.25, -0.2) is 4.79 Å². The fourth-order valence-corrected chi connectivity index (χ4v) is 2.90. The Morgan fingerprint density at radius 1 is 1.13 bits per heavy atom. The second kappa shape index (κ2) is 8.60. The Hall–Kier alpha value is -3.95. The summed E-state index contributed by atoms with van der Waals surface area (Å²) >= 11 is 0. The molecule has 1 heterocycles. The van der Waals surface area contributed by atoms with Crippen molar-refractivity contribution in [2.75, 3.05) is 17.7 Å². The summed E-state index contributed by atoms with van der Waals surface area (Å²) in [5.74, 6) is -0.917. The number of benzene rings is 2. The van der Waals surface area contributed by atoms with E-state index in [0.29, 0.717) is 0 Å². The van der Waals surface area contributed by atoms with Gasteiger partial charge in [-0.15, -0.1) is 0 Å². The van der Waals surface area contributed by atoms with Crippen molar-refractivity contribution >= 4 is 17.4 Å². The van der Waals surface area contributed by atoms with Crippen molar-refractivity contribution in [3.63, 3.8) is 0 Å². The van der Waals surface area contributed by atoms with E-state index in [1.54, 1.807) is 24.3 Å². The number of nitrogens with two attached hydrogens (primary N) is 1. The molecule has 0 atom stereocenters. The largest absolute Gasteiger partial charge is 0.435 e. The van der Waals surface area contributed by atoms with Gasteiger partial charge in [-0.1, -0.05) is 30.3 Å². The van der Waals surface area contributed by atoms with Gasteiger partial charge in [0.2, 0.25) is 0 Å². The van der Waals surface area contributed by atoms with Crippen molar-refractivity contribution < 1.29 is 18.3 Å². The molecular weight excluding hydrogens is 398 g/mol. The average molecular weight is 416 g/mol. The highest BCUT2D eigenvalue weighted by Gasteiger charge is 2.22. The molecule has 3 N–H and O–H groups in total. The molecule has 0 aliphatic rings. The standard InChI is InChI=1S/C20H18F2N4O4/c1-25(18(28)13-7-9-14(10-8-13)30-19(21)22)15-16(23)26(20(29)24-17(15)27)11-12-5-3-2-4-6-12/h2-10,19H,11,23H2,1H3,(H,24,27,29). The first-order valence-corrected chi connectivity index (χ1v) is 8.77. The number of carbonyl (C=O) groups excluding carboxylic acids is 1. The van der Waals surface area contributed by atoms with Crippen molar-refractivity contribution in [3.8, 4) is 5.75 Å². The van der Waals surface area contributed by atoms with Crippen LogP contribution in [0.2, 0.25) is 0 Å².